The number of hydrogen-bond acceptors (Lipinski definition) is 6. The molecule has 9 heteroatoms. The second-order valence-corrected chi connectivity index (χ2v) is 7.57. The first kappa shape index (κ1) is 18.4. The third kappa shape index (κ3) is 3.22. The molecule has 0 spiro atoms. The van der Waals surface area contributed by atoms with Crippen molar-refractivity contribution < 1.29 is 13.9 Å². The first-order valence-corrected chi connectivity index (χ1v) is 9.83. The van der Waals surface area contributed by atoms with Crippen LogP contribution in [0.5, 0.6) is 5.88 Å². The standard InChI is InChI=1S/C21H21FN6O2/c1-10-14(8-26-20-19(10)24-4-5-30-20)13-6-11-7-16(28-21(29)27-12-2-3-12)25-9-15(11)18(23)17(13)22/h6-9,12,24H,2-5,23H2,1H3,(H2,25,27,28,29). The molecule has 1 aromatic carbocycles. The molecule has 1 aliphatic carbocycles. The van der Waals surface area contributed by atoms with E-state index in [0.29, 0.717) is 46.7 Å². The van der Waals surface area contributed by atoms with E-state index in [1.54, 1.807) is 18.3 Å². The van der Waals surface area contributed by atoms with Crippen LogP contribution in [0.4, 0.5) is 26.4 Å². The number of hydrogen-bond donors (Lipinski definition) is 4. The van der Waals surface area contributed by atoms with E-state index in [-0.39, 0.29) is 17.8 Å². The van der Waals surface area contributed by atoms with Crippen molar-refractivity contribution in [3.05, 3.63) is 35.9 Å². The minimum absolute atomic E-state index is 0.00492. The van der Waals surface area contributed by atoms with Crippen LogP contribution in [0, 0.1) is 12.7 Å². The molecule has 5 rings (SSSR count). The molecule has 0 radical (unpaired) electrons. The van der Waals surface area contributed by atoms with Crippen molar-refractivity contribution in [2.45, 2.75) is 25.8 Å². The maximum absolute atomic E-state index is 15.2. The Morgan fingerprint density at radius 2 is 2.10 bits per heavy atom. The van der Waals surface area contributed by atoms with Crippen LogP contribution in [0.3, 0.4) is 0 Å². The molecule has 2 amide bonds. The lowest BCUT2D eigenvalue weighted by molar-refractivity contribution is 0.251. The number of nitrogens with one attached hydrogen (secondary N) is 3. The van der Waals surface area contributed by atoms with E-state index in [0.717, 1.165) is 24.1 Å². The Labute approximate surface area is 172 Å². The third-order valence-corrected chi connectivity index (χ3v) is 5.39. The quantitative estimate of drug-likeness (QED) is 0.494. The summed E-state index contributed by atoms with van der Waals surface area (Å²) in [6, 6.07) is 3.32. The summed E-state index contributed by atoms with van der Waals surface area (Å²) in [6.07, 6.45) is 5.05. The van der Waals surface area contributed by atoms with Crippen molar-refractivity contribution in [3.63, 3.8) is 0 Å². The third-order valence-electron chi connectivity index (χ3n) is 5.39. The SMILES string of the molecule is Cc1c(-c2cc3cc(NC(=O)NC4CC4)ncc3c(N)c2F)cnc2c1NCCO2. The fourth-order valence-corrected chi connectivity index (χ4v) is 3.62. The molecule has 5 N–H and O–H groups in total. The van der Waals surface area contributed by atoms with E-state index in [1.165, 1.54) is 6.20 Å². The average Bonchev–Trinajstić information content (AvgIpc) is 3.55. The first-order valence-electron chi connectivity index (χ1n) is 9.83. The summed E-state index contributed by atoms with van der Waals surface area (Å²) in [5.74, 6) is 0.347. The normalized spacial score (nSPS) is 15.1. The average molecular weight is 408 g/mol. The maximum Gasteiger partial charge on any atom is 0.320 e. The topological polar surface area (TPSA) is 114 Å². The fourth-order valence-electron chi connectivity index (χ4n) is 3.62. The Balaban J connectivity index is 1.56. The molecule has 1 saturated carbocycles. The highest BCUT2D eigenvalue weighted by atomic mass is 19.1. The van der Waals surface area contributed by atoms with Gasteiger partial charge in [-0.3, -0.25) is 5.32 Å². The Hall–Kier alpha value is -3.62. The summed E-state index contributed by atoms with van der Waals surface area (Å²) in [5, 5.41) is 9.97. The predicted molar refractivity (Wildman–Crippen MR) is 113 cm³/mol. The van der Waals surface area contributed by atoms with Crippen molar-refractivity contribution in [2.75, 3.05) is 29.5 Å². The van der Waals surface area contributed by atoms with Crippen molar-refractivity contribution in [1.82, 2.24) is 15.3 Å². The van der Waals surface area contributed by atoms with Crippen LogP contribution in [-0.4, -0.2) is 35.2 Å². The van der Waals surface area contributed by atoms with E-state index in [4.69, 9.17) is 10.5 Å². The van der Waals surface area contributed by atoms with Crippen molar-refractivity contribution in [3.8, 4) is 17.0 Å². The number of fused-ring (bicyclic) bond motifs is 2. The Bertz CT molecular complexity index is 1180. The van der Waals surface area contributed by atoms with E-state index in [9.17, 15) is 4.79 Å². The number of benzene rings is 1. The number of nitrogen functional groups attached to an aromatic ring is 1. The molecule has 0 unspecified atom stereocenters. The summed E-state index contributed by atoms with van der Waals surface area (Å²) >= 11 is 0. The second-order valence-electron chi connectivity index (χ2n) is 7.57. The van der Waals surface area contributed by atoms with E-state index in [1.807, 2.05) is 6.92 Å². The maximum atomic E-state index is 15.2. The number of carbonyl (C=O) groups is 1. The van der Waals surface area contributed by atoms with Crippen LogP contribution in [0.1, 0.15) is 18.4 Å². The number of carbonyl (C=O) groups excluding carboxylic acids is 1. The van der Waals surface area contributed by atoms with Crippen LogP contribution in [0.15, 0.2) is 24.5 Å². The van der Waals surface area contributed by atoms with Crippen molar-refractivity contribution >= 4 is 34.0 Å². The summed E-state index contributed by atoms with van der Waals surface area (Å²) in [7, 11) is 0. The lowest BCUT2D eigenvalue weighted by Gasteiger charge is -2.22. The highest BCUT2D eigenvalue weighted by molar-refractivity contribution is 6.00. The number of nitrogens with two attached hydrogens (primary N) is 1. The number of urea groups is 1. The molecule has 1 aliphatic heterocycles. The van der Waals surface area contributed by atoms with Gasteiger partial charge in [0.15, 0.2) is 5.82 Å². The van der Waals surface area contributed by atoms with E-state index < -0.39 is 5.82 Å². The Kier molecular flexibility index (Phi) is 4.30. The minimum Gasteiger partial charge on any atom is -0.474 e. The second kappa shape index (κ2) is 7.01. The number of amides is 2. The molecule has 0 saturated heterocycles. The summed E-state index contributed by atoms with van der Waals surface area (Å²) < 4.78 is 20.7. The summed E-state index contributed by atoms with van der Waals surface area (Å²) in [4.78, 5) is 20.5. The molecule has 2 aliphatic rings. The molecule has 30 heavy (non-hydrogen) atoms. The van der Waals surface area contributed by atoms with Gasteiger partial charge in [0.25, 0.3) is 0 Å². The minimum atomic E-state index is -0.530. The highest BCUT2D eigenvalue weighted by Gasteiger charge is 2.24. The van der Waals surface area contributed by atoms with E-state index in [2.05, 4.69) is 25.9 Å². The highest BCUT2D eigenvalue weighted by Crippen LogP contribution is 2.39. The van der Waals surface area contributed by atoms with Gasteiger partial charge in [0.1, 0.15) is 18.1 Å². The molecule has 3 heterocycles. The van der Waals surface area contributed by atoms with Gasteiger partial charge in [0.2, 0.25) is 5.88 Å². The Morgan fingerprint density at radius 1 is 1.27 bits per heavy atom. The number of pyridine rings is 2. The van der Waals surface area contributed by atoms with Gasteiger partial charge in [-0.15, -0.1) is 0 Å². The largest absolute Gasteiger partial charge is 0.474 e. The number of nitrogens with zero attached hydrogens (tertiary/aromatic N) is 2. The van der Waals surface area contributed by atoms with Gasteiger partial charge in [-0.25, -0.2) is 19.2 Å². The number of halogens is 1. The summed E-state index contributed by atoms with van der Waals surface area (Å²) in [5.41, 5.74) is 8.64. The van der Waals surface area contributed by atoms with Gasteiger partial charge >= 0.3 is 6.03 Å². The Morgan fingerprint density at radius 3 is 2.90 bits per heavy atom. The van der Waals surface area contributed by atoms with E-state index >= 15 is 4.39 Å². The number of anilines is 3. The van der Waals surface area contributed by atoms with Crippen LogP contribution >= 0.6 is 0 Å². The number of aromatic nitrogens is 2. The molecule has 1 fully saturated rings. The van der Waals surface area contributed by atoms with Gasteiger partial charge in [-0.2, -0.15) is 0 Å². The molecule has 154 valence electrons. The molecule has 0 bridgehead atoms. The smallest absolute Gasteiger partial charge is 0.320 e. The molecule has 0 atom stereocenters. The monoisotopic (exact) mass is 408 g/mol. The van der Waals surface area contributed by atoms with Crippen LogP contribution < -0.4 is 26.4 Å². The molecule has 8 nitrogen and oxygen atoms in total. The lowest BCUT2D eigenvalue weighted by Crippen LogP contribution is -2.30. The summed E-state index contributed by atoms with van der Waals surface area (Å²) in [6.45, 7) is 3.08. The zero-order valence-electron chi connectivity index (χ0n) is 16.4. The van der Waals surface area contributed by atoms with Crippen LogP contribution in [-0.2, 0) is 0 Å². The van der Waals surface area contributed by atoms with Crippen LogP contribution in [0.2, 0.25) is 0 Å². The van der Waals surface area contributed by atoms with Gasteiger partial charge in [0.05, 0.1) is 5.69 Å². The molecule has 2 aromatic heterocycles. The van der Waals surface area contributed by atoms with Gasteiger partial charge in [-0.05, 0) is 42.8 Å². The fraction of sp³-hybridized carbons (Fsp3) is 0.286. The number of ether oxygens (including phenoxy) is 1. The van der Waals surface area contributed by atoms with Gasteiger partial charge in [0, 0.05) is 41.5 Å². The van der Waals surface area contributed by atoms with Crippen LogP contribution in [0.25, 0.3) is 21.9 Å². The number of rotatable bonds is 3. The zero-order valence-corrected chi connectivity index (χ0v) is 16.4. The van der Waals surface area contributed by atoms with Crippen molar-refractivity contribution in [2.24, 2.45) is 0 Å². The van der Waals surface area contributed by atoms with Gasteiger partial charge in [-0.1, -0.05) is 0 Å². The zero-order chi connectivity index (χ0) is 20.8. The lowest BCUT2D eigenvalue weighted by atomic mass is 9.97. The molecule has 3 aromatic rings. The first-order chi connectivity index (χ1) is 14.5. The van der Waals surface area contributed by atoms with Gasteiger partial charge < -0.3 is 21.1 Å². The molecular weight excluding hydrogens is 387 g/mol. The molecular formula is C21H21FN6O2. The van der Waals surface area contributed by atoms with Crippen molar-refractivity contribution in [1.29, 1.82) is 0 Å². The predicted octanol–water partition coefficient (Wildman–Crippen LogP) is 3.41.